The molecule has 31 heavy (non-hydrogen) atoms. The van der Waals surface area contributed by atoms with E-state index in [1.165, 1.54) is 0 Å². The van der Waals surface area contributed by atoms with E-state index in [-0.39, 0.29) is 12.5 Å². The highest BCUT2D eigenvalue weighted by atomic mass is 16.5. The van der Waals surface area contributed by atoms with Crippen molar-refractivity contribution in [1.29, 1.82) is 0 Å². The smallest absolute Gasteiger partial charge is 0.247 e. The Morgan fingerprint density at radius 1 is 1.03 bits per heavy atom. The number of nitrogens with zero attached hydrogens (tertiary/aromatic N) is 2. The Labute approximate surface area is 180 Å². The van der Waals surface area contributed by atoms with Crippen LogP contribution in [0.15, 0.2) is 46.9 Å². The van der Waals surface area contributed by atoms with Crippen molar-refractivity contribution < 1.29 is 29.2 Å². The summed E-state index contributed by atoms with van der Waals surface area (Å²) in [5.74, 6) is 1.14. The van der Waals surface area contributed by atoms with Crippen molar-refractivity contribution in [2.75, 3.05) is 13.7 Å². The summed E-state index contributed by atoms with van der Waals surface area (Å²) in [6.45, 7) is 3.25. The number of ether oxygens (including phenoxy) is 2. The highest BCUT2D eigenvalue weighted by Gasteiger charge is 2.42. The molecule has 1 fully saturated rings. The number of aliphatic hydroxyl groups is 3. The Balaban J connectivity index is 1.68. The van der Waals surface area contributed by atoms with Crippen molar-refractivity contribution in [3.05, 3.63) is 53.9 Å². The van der Waals surface area contributed by atoms with Crippen LogP contribution < -0.4 is 4.74 Å². The van der Waals surface area contributed by atoms with Crippen LogP contribution in [0.1, 0.15) is 24.5 Å². The first-order valence-corrected chi connectivity index (χ1v) is 10.1. The maximum absolute atomic E-state index is 10.6. The van der Waals surface area contributed by atoms with Gasteiger partial charge in [-0.25, -0.2) is 0 Å². The molecule has 2 aromatic carbocycles. The van der Waals surface area contributed by atoms with E-state index >= 15 is 0 Å². The van der Waals surface area contributed by atoms with Gasteiger partial charge >= 0.3 is 0 Å². The van der Waals surface area contributed by atoms with Crippen molar-refractivity contribution in [1.82, 2.24) is 10.2 Å². The van der Waals surface area contributed by atoms with Crippen LogP contribution in [0.5, 0.6) is 5.75 Å². The van der Waals surface area contributed by atoms with Gasteiger partial charge < -0.3 is 29.2 Å². The first-order valence-electron chi connectivity index (χ1n) is 10.1. The molecule has 164 valence electrons. The minimum atomic E-state index is -1.10. The molecule has 1 aromatic heterocycles. The fourth-order valence-corrected chi connectivity index (χ4v) is 3.95. The molecule has 0 aliphatic carbocycles. The molecular formula is C23H26N2O6. The molecule has 0 bridgehead atoms. The van der Waals surface area contributed by atoms with Crippen molar-refractivity contribution in [2.24, 2.45) is 5.92 Å². The number of hydrogen-bond donors (Lipinski definition) is 3. The van der Waals surface area contributed by atoms with Crippen LogP contribution in [0.4, 0.5) is 0 Å². The molecule has 1 aliphatic heterocycles. The van der Waals surface area contributed by atoms with Crippen LogP contribution in [0.3, 0.4) is 0 Å². The van der Waals surface area contributed by atoms with E-state index in [4.69, 9.17) is 13.9 Å². The molecule has 8 heteroatoms. The first-order chi connectivity index (χ1) is 14.9. The molecular weight excluding hydrogens is 400 g/mol. The predicted octanol–water partition coefficient (Wildman–Crippen LogP) is 2.51. The van der Waals surface area contributed by atoms with E-state index in [1.54, 1.807) is 21.0 Å². The summed E-state index contributed by atoms with van der Waals surface area (Å²) in [5.41, 5.74) is 3.13. The zero-order chi connectivity index (χ0) is 22.1. The highest BCUT2D eigenvalue weighted by Crippen LogP contribution is 2.38. The summed E-state index contributed by atoms with van der Waals surface area (Å²) >= 11 is 0. The normalized spacial score (nSPS) is 26.1. The van der Waals surface area contributed by atoms with Gasteiger partial charge in [0.1, 0.15) is 18.0 Å². The third-order valence-electron chi connectivity index (χ3n) is 5.79. The fourth-order valence-electron chi connectivity index (χ4n) is 3.95. The maximum atomic E-state index is 10.6. The van der Waals surface area contributed by atoms with Crippen molar-refractivity contribution >= 4 is 0 Å². The summed E-state index contributed by atoms with van der Waals surface area (Å²) in [6, 6.07) is 13.1. The third-order valence-corrected chi connectivity index (χ3v) is 5.79. The Morgan fingerprint density at radius 2 is 1.84 bits per heavy atom. The number of aryl methyl sites for hydroxylation is 1. The van der Waals surface area contributed by atoms with Crippen LogP contribution in [0, 0.1) is 12.8 Å². The Bertz CT molecular complexity index is 1050. The topological polar surface area (TPSA) is 118 Å². The molecule has 0 spiro atoms. The summed E-state index contributed by atoms with van der Waals surface area (Å²) in [5, 5.41) is 38.5. The van der Waals surface area contributed by atoms with Gasteiger partial charge in [-0.3, -0.25) is 0 Å². The van der Waals surface area contributed by atoms with Crippen LogP contribution in [0.25, 0.3) is 22.6 Å². The van der Waals surface area contributed by atoms with Crippen molar-refractivity contribution in [3.8, 4) is 28.3 Å². The summed E-state index contributed by atoms with van der Waals surface area (Å²) in [6.07, 6.45) is -3.40. The van der Waals surface area contributed by atoms with E-state index in [1.807, 2.05) is 42.5 Å². The summed E-state index contributed by atoms with van der Waals surface area (Å²) in [7, 11) is 1.59. The molecule has 1 saturated heterocycles. The molecule has 4 rings (SSSR count). The number of hydrogen-bond acceptors (Lipinski definition) is 8. The SMILES string of the molecule is COc1cc(-c2nnc(C)o2)ccc1-c1cccc(C2OC(CO)C(C)C(O)C2O)c1. The Hall–Kier alpha value is -2.78. The van der Waals surface area contributed by atoms with Gasteiger partial charge in [-0.15, -0.1) is 10.2 Å². The number of benzene rings is 2. The maximum Gasteiger partial charge on any atom is 0.247 e. The molecule has 0 amide bonds. The number of methoxy groups -OCH3 is 1. The minimum absolute atomic E-state index is 0.231. The molecule has 3 N–H and O–H groups in total. The van der Waals surface area contributed by atoms with Gasteiger partial charge in [0.25, 0.3) is 0 Å². The molecule has 5 unspecified atom stereocenters. The number of aromatic nitrogens is 2. The third kappa shape index (κ3) is 4.07. The minimum Gasteiger partial charge on any atom is -0.496 e. The van der Waals surface area contributed by atoms with E-state index in [9.17, 15) is 15.3 Å². The second kappa shape index (κ2) is 8.76. The molecule has 2 heterocycles. The number of rotatable bonds is 5. The zero-order valence-corrected chi connectivity index (χ0v) is 17.6. The Kier molecular flexibility index (Phi) is 6.06. The van der Waals surface area contributed by atoms with Gasteiger partial charge in [0.05, 0.1) is 25.9 Å². The lowest BCUT2D eigenvalue weighted by Crippen LogP contribution is -2.50. The van der Waals surface area contributed by atoms with Gasteiger partial charge in [-0.05, 0) is 35.4 Å². The van der Waals surface area contributed by atoms with E-state index in [0.717, 1.165) is 16.7 Å². The quantitative estimate of drug-likeness (QED) is 0.570. The van der Waals surface area contributed by atoms with Crippen molar-refractivity contribution in [3.63, 3.8) is 0 Å². The highest BCUT2D eigenvalue weighted by molar-refractivity contribution is 5.74. The lowest BCUT2D eigenvalue weighted by atomic mass is 9.85. The second-order valence-corrected chi connectivity index (χ2v) is 7.78. The van der Waals surface area contributed by atoms with Gasteiger partial charge in [0.15, 0.2) is 0 Å². The van der Waals surface area contributed by atoms with E-state index in [2.05, 4.69) is 10.2 Å². The van der Waals surface area contributed by atoms with E-state index < -0.39 is 24.4 Å². The molecule has 8 nitrogen and oxygen atoms in total. The summed E-state index contributed by atoms with van der Waals surface area (Å²) in [4.78, 5) is 0. The van der Waals surface area contributed by atoms with Gasteiger partial charge in [0.2, 0.25) is 11.8 Å². The lowest BCUT2D eigenvalue weighted by Gasteiger charge is -2.41. The van der Waals surface area contributed by atoms with Gasteiger partial charge in [-0.1, -0.05) is 25.1 Å². The average Bonchev–Trinajstić information content (AvgIpc) is 3.23. The molecule has 3 aromatic rings. The Morgan fingerprint density at radius 3 is 2.52 bits per heavy atom. The second-order valence-electron chi connectivity index (χ2n) is 7.78. The van der Waals surface area contributed by atoms with Gasteiger partial charge in [-0.2, -0.15) is 0 Å². The van der Waals surface area contributed by atoms with E-state index in [0.29, 0.717) is 23.1 Å². The van der Waals surface area contributed by atoms with Crippen LogP contribution in [-0.4, -0.2) is 57.5 Å². The van der Waals surface area contributed by atoms with Crippen LogP contribution >= 0.6 is 0 Å². The van der Waals surface area contributed by atoms with Crippen molar-refractivity contribution in [2.45, 2.75) is 38.3 Å². The fraction of sp³-hybridized carbons (Fsp3) is 0.391. The zero-order valence-electron chi connectivity index (χ0n) is 17.6. The number of aliphatic hydroxyl groups excluding tert-OH is 3. The van der Waals surface area contributed by atoms with Crippen LogP contribution in [0.2, 0.25) is 0 Å². The largest absolute Gasteiger partial charge is 0.496 e. The molecule has 5 atom stereocenters. The predicted molar refractivity (Wildman–Crippen MR) is 112 cm³/mol. The van der Waals surface area contributed by atoms with Gasteiger partial charge in [0, 0.05) is 24.0 Å². The molecule has 0 radical (unpaired) electrons. The first kappa shape index (κ1) is 21.5. The standard InChI is InChI=1S/C23H26N2O6/c1-12-19(11-26)31-22(21(28)20(12)27)15-6-4-5-14(9-15)17-8-7-16(10-18(17)29-3)23-25-24-13(2)30-23/h4-10,12,19-22,26-28H,11H2,1-3H3. The monoisotopic (exact) mass is 426 g/mol. The average molecular weight is 426 g/mol. The van der Waals surface area contributed by atoms with Crippen LogP contribution in [-0.2, 0) is 4.74 Å². The molecule has 1 aliphatic rings. The lowest BCUT2D eigenvalue weighted by molar-refractivity contribution is -0.206. The summed E-state index contributed by atoms with van der Waals surface area (Å²) < 4.78 is 17.0. The molecule has 0 saturated carbocycles.